The van der Waals surface area contributed by atoms with E-state index in [0.717, 1.165) is 12.5 Å². The van der Waals surface area contributed by atoms with Gasteiger partial charge < -0.3 is 5.32 Å². The van der Waals surface area contributed by atoms with Gasteiger partial charge in [-0.1, -0.05) is 6.92 Å². The van der Waals surface area contributed by atoms with Crippen molar-refractivity contribution < 1.29 is 4.79 Å². The lowest BCUT2D eigenvalue weighted by Gasteiger charge is -2.00. The quantitative estimate of drug-likeness (QED) is 0.796. The van der Waals surface area contributed by atoms with Crippen LogP contribution in [0.2, 0.25) is 0 Å². The molecule has 1 aromatic heterocycles. The minimum atomic E-state index is -0.0413. The number of amides is 1. The lowest BCUT2D eigenvalue weighted by molar-refractivity contribution is 0.0947. The van der Waals surface area contributed by atoms with Crippen molar-refractivity contribution in [3.63, 3.8) is 0 Å². The summed E-state index contributed by atoms with van der Waals surface area (Å²) >= 11 is 1.45. The van der Waals surface area contributed by atoms with Gasteiger partial charge in [-0.3, -0.25) is 4.79 Å². The first-order valence-corrected chi connectivity index (χ1v) is 5.38. The number of hydrogen-bond donors (Lipinski definition) is 1. The van der Waals surface area contributed by atoms with Gasteiger partial charge in [0.1, 0.15) is 5.69 Å². The van der Waals surface area contributed by atoms with Gasteiger partial charge >= 0.3 is 0 Å². The second-order valence-electron chi connectivity index (χ2n) is 3.56. The summed E-state index contributed by atoms with van der Waals surface area (Å²) in [4.78, 5) is 15.3. The molecule has 70 valence electrons. The molecule has 2 atom stereocenters. The highest BCUT2D eigenvalue weighted by Gasteiger charge is 2.32. The molecule has 2 rings (SSSR count). The Bertz CT molecular complexity index is 297. The fourth-order valence-corrected chi connectivity index (χ4v) is 1.85. The third kappa shape index (κ3) is 2.06. The average molecular weight is 196 g/mol. The molecule has 1 aliphatic rings. The van der Waals surface area contributed by atoms with Crippen LogP contribution in [0.15, 0.2) is 10.9 Å². The molecule has 13 heavy (non-hydrogen) atoms. The van der Waals surface area contributed by atoms with E-state index in [-0.39, 0.29) is 5.91 Å². The van der Waals surface area contributed by atoms with Gasteiger partial charge in [0.25, 0.3) is 5.91 Å². The molecule has 2 unspecified atom stereocenters. The van der Waals surface area contributed by atoms with Gasteiger partial charge in [0.15, 0.2) is 0 Å². The number of aromatic nitrogens is 1. The number of carbonyl (C=O) groups is 1. The summed E-state index contributed by atoms with van der Waals surface area (Å²) in [7, 11) is 0. The number of thiazole rings is 1. The van der Waals surface area contributed by atoms with Crippen molar-refractivity contribution in [2.75, 3.05) is 6.54 Å². The molecular formula is C9H12N2OS. The summed E-state index contributed by atoms with van der Waals surface area (Å²) < 4.78 is 0. The van der Waals surface area contributed by atoms with Gasteiger partial charge in [-0.05, 0) is 18.3 Å². The Morgan fingerprint density at radius 3 is 3.15 bits per heavy atom. The first-order chi connectivity index (χ1) is 6.27. The normalized spacial score (nSPS) is 25.6. The van der Waals surface area contributed by atoms with E-state index in [0.29, 0.717) is 11.6 Å². The summed E-state index contributed by atoms with van der Waals surface area (Å²) in [5, 5.41) is 4.65. The Hall–Kier alpha value is -0.900. The zero-order valence-electron chi connectivity index (χ0n) is 7.49. The van der Waals surface area contributed by atoms with E-state index in [1.165, 1.54) is 17.8 Å². The van der Waals surface area contributed by atoms with Gasteiger partial charge in [-0.25, -0.2) is 4.98 Å². The number of hydrogen-bond acceptors (Lipinski definition) is 3. The molecule has 0 aromatic carbocycles. The van der Waals surface area contributed by atoms with Crippen LogP contribution in [-0.2, 0) is 0 Å². The molecule has 3 nitrogen and oxygen atoms in total. The third-order valence-corrected chi connectivity index (χ3v) is 3.05. The summed E-state index contributed by atoms with van der Waals surface area (Å²) in [5.74, 6) is 1.44. The predicted molar refractivity (Wildman–Crippen MR) is 51.7 cm³/mol. The van der Waals surface area contributed by atoms with Crippen molar-refractivity contribution in [3.05, 3.63) is 16.6 Å². The van der Waals surface area contributed by atoms with Gasteiger partial charge in [0, 0.05) is 11.9 Å². The van der Waals surface area contributed by atoms with E-state index < -0.39 is 0 Å². The number of nitrogens with zero attached hydrogens (tertiary/aromatic N) is 1. The standard InChI is InChI=1S/C9H12N2OS/c1-6-2-7(6)3-10-9(12)8-4-13-5-11-8/h4-7H,2-3H2,1H3,(H,10,12). The Balaban J connectivity index is 1.79. The SMILES string of the molecule is CC1CC1CNC(=O)c1cscn1. The van der Waals surface area contributed by atoms with Crippen molar-refractivity contribution in [2.24, 2.45) is 11.8 Å². The van der Waals surface area contributed by atoms with Crippen LogP contribution >= 0.6 is 11.3 Å². The van der Waals surface area contributed by atoms with E-state index in [1.807, 2.05) is 0 Å². The van der Waals surface area contributed by atoms with E-state index >= 15 is 0 Å². The predicted octanol–water partition coefficient (Wildman–Crippen LogP) is 1.53. The van der Waals surface area contributed by atoms with E-state index in [9.17, 15) is 4.79 Å². The summed E-state index contributed by atoms with van der Waals surface area (Å²) in [5.41, 5.74) is 2.22. The molecule has 1 amide bonds. The first-order valence-electron chi connectivity index (χ1n) is 4.43. The minimum absolute atomic E-state index is 0.0413. The molecule has 0 aliphatic heterocycles. The number of nitrogens with one attached hydrogen (secondary N) is 1. The molecular weight excluding hydrogens is 184 g/mol. The Morgan fingerprint density at radius 2 is 2.62 bits per heavy atom. The average Bonchev–Trinajstić information content (AvgIpc) is 2.67. The first kappa shape index (κ1) is 8.69. The van der Waals surface area contributed by atoms with Crippen molar-refractivity contribution in [3.8, 4) is 0 Å². The van der Waals surface area contributed by atoms with Gasteiger partial charge in [0.2, 0.25) is 0 Å². The third-order valence-electron chi connectivity index (χ3n) is 2.47. The lowest BCUT2D eigenvalue weighted by Crippen LogP contribution is -2.26. The van der Waals surface area contributed by atoms with Crippen LogP contribution in [0, 0.1) is 11.8 Å². The zero-order chi connectivity index (χ0) is 9.26. The molecule has 1 saturated carbocycles. The monoisotopic (exact) mass is 196 g/mol. The van der Waals surface area contributed by atoms with Crippen molar-refractivity contribution in [1.82, 2.24) is 10.3 Å². The topological polar surface area (TPSA) is 42.0 Å². The van der Waals surface area contributed by atoms with Crippen LogP contribution in [0.4, 0.5) is 0 Å². The fraction of sp³-hybridized carbons (Fsp3) is 0.556. The minimum Gasteiger partial charge on any atom is -0.350 e. The highest BCUT2D eigenvalue weighted by atomic mass is 32.1. The Kier molecular flexibility index (Phi) is 2.31. The fourth-order valence-electron chi connectivity index (χ4n) is 1.32. The smallest absolute Gasteiger partial charge is 0.270 e. The molecule has 4 heteroatoms. The summed E-state index contributed by atoms with van der Waals surface area (Å²) in [6.07, 6.45) is 1.25. The second kappa shape index (κ2) is 3.46. The van der Waals surface area contributed by atoms with Crippen molar-refractivity contribution in [1.29, 1.82) is 0 Å². The molecule has 0 bridgehead atoms. The highest BCUT2D eigenvalue weighted by molar-refractivity contribution is 7.07. The number of carbonyl (C=O) groups excluding carboxylic acids is 1. The van der Waals surface area contributed by atoms with Crippen LogP contribution < -0.4 is 5.32 Å². The lowest BCUT2D eigenvalue weighted by atomic mass is 10.3. The molecule has 1 aromatic rings. The van der Waals surface area contributed by atoms with Crippen LogP contribution in [0.1, 0.15) is 23.8 Å². The molecule has 1 fully saturated rings. The zero-order valence-corrected chi connectivity index (χ0v) is 8.30. The van der Waals surface area contributed by atoms with Crippen LogP contribution in [-0.4, -0.2) is 17.4 Å². The maximum Gasteiger partial charge on any atom is 0.270 e. The van der Waals surface area contributed by atoms with Crippen LogP contribution in [0.3, 0.4) is 0 Å². The van der Waals surface area contributed by atoms with E-state index in [4.69, 9.17) is 0 Å². The van der Waals surface area contributed by atoms with Crippen molar-refractivity contribution >= 4 is 17.2 Å². The van der Waals surface area contributed by atoms with Crippen LogP contribution in [0.5, 0.6) is 0 Å². The molecule has 0 spiro atoms. The molecule has 1 heterocycles. The Labute approximate surface area is 81.2 Å². The van der Waals surface area contributed by atoms with Gasteiger partial charge in [-0.15, -0.1) is 11.3 Å². The highest BCUT2D eigenvalue weighted by Crippen LogP contribution is 2.36. The largest absolute Gasteiger partial charge is 0.350 e. The number of rotatable bonds is 3. The van der Waals surface area contributed by atoms with E-state index in [2.05, 4.69) is 17.2 Å². The van der Waals surface area contributed by atoms with Crippen LogP contribution in [0.25, 0.3) is 0 Å². The molecule has 0 saturated heterocycles. The summed E-state index contributed by atoms with van der Waals surface area (Å²) in [6, 6.07) is 0. The Morgan fingerprint density at radius 1 is 1.85 bits per heavy atom. The van der Waals surface area contributed by atoms with Gasteiger partial charge in [0.05, 0.1) is 5.51 Å². The molecule has 1 aliphatic carbocycles. The maximum atomic E-state index is 11.4. The molecule has 1 N–H and O–H groups in total. The maximum absolute atomic E-state index is 11.4. The second-order valence-corrected chi connectivity index (χ2v) is 4.28. The summed E-state index contributed by atoms with van der Waals surface area (Å²) in [6.45, 7) is 3.01. The van der Waals surface area contributed by atoms with Gasteiger partial charge in [-0.2, -0.15) is 0 Å². The van der Waals surface area contributed by atoms with Crippen molar-refractivity contribution in [2.45, 2.75) is 13.3 Å². The molecule has 0 radical (unpaired) electrons. The van der Waals surface area contributed by atoms with E-state index in [1.54, 1.807) is 10.9 Å².